The highest BCUT2D eigenvalue weighted by atomic mass is 32.1. The van der Waals surface area contributed by atoms with Gasteiger partial charge in [0.25, 0.3) is 0 Å². The lowest BCUT2D eigenvalue weighted by Gasteiger charge is -2.36. The number of carbonyl (C=O) groups is 2. The monoisotopic (exact) mass is 398 g/mol. The van der Waals surface area contributed by atoms with E-state index in [-0.39, 0.29) is 17.7 Å². The Morgan fingerprint density at radius 2 is 1.79 bits per heavy atom. The summed E-state index contributed by atoms with van der Waals surface area (Å²) in [4.78, 5) is 33.5. The minimum absolute atomic E-state index is 0.0711. The largest absolute Gasteiger partial charge is 0.368 e. The van der Waals surface area contributed by atoms with Crippen LogP contribution in [0.4, 0.5) is 10.8 Å². The molecule has 2 amide bonds. The first-order chi connectivity index (χ1) is 13.7. The second kappa shape index (κ2) is 8.73. The number of piperazine rings is 1. The van der Waals surface area contributed by atoms with Crippen LogP contribution in [0.5, 0.6) is 0 Å². The molecule has 0 atom stereocenters. The number of thiazole rings is 1. The van der Waals surface area contributed by atoms with Gasteiger partial charge in [-0.25, -0.2) is 4.98 Å². The van der Waals surface area contributed by atoms with Crippen LogP contribution < -0.4 is 10.2 Å². The molecule has 2 aromatic rings. The fourth-order valence-corrected chi connectivity index (χ4v) is 4.67. The number of rotatable bonds is 5. The van der Waals surface area contributed by atoms with Crippen molar-refractivity contribution < 1.29 is 9.59 Å². The average Bonchev–Trinajstić information content (AvgIpc) is 3.41. The van der Waals surface area contributed by atoms with Gasteiger partial charge in [0, 0.05) is 43.2 Å². The normalized spacial score (nSPS) is 17.7. The fourth-order valence-electron chi connectivity index (χ4n) is 3.96. The molecule has 2 aliphatic rings. The number of para-hydroxylation sites is 1. The lowest BCUT2D eigenvalue weighted by Crippen LogP contribution is -2.49. The molecule has 1 aliphatic heterocycles. The summed E-state index contributed by atoms with van der Waals surface area (Å²) in [7, 11) is 0. The van der Waals surface area contributed by atoms with Crippen molar-refractivity contribution in [2.24, 2.45) is 5.92 Å². The van der Waals surface area contributed by atoms with Gasteiger partial charge < -0.3 is 15.1 Å². The van der Waals surface area contributed by atoms with Crippen LogP contribution in [0.2, 0.25) is 0 Å². The fraction of sp³-hybridized carbons (Fsp3) is 0.476. The van der Waals surface area contributed by atoms with Crippen LogP contribution in [-0.4, -0.2) is 47.9 Å². The highest BCUT2D eigenvalue weighted by Gasteiger charge is 2.24. The van der Waals surface area contributed by atoms with Crippen LogP contribution in [0.3, 0.4) is 0 Å². The van der Waals surface area contributed by atoms with E-state index < -0.39 is 0 Å². The lowest BCUT2D eigenvalue weighted by molar-refractivity contribution is -0.130. The Morgan fingerprint density at radius 3 is 2.50 bits per heavy atom. The third-order valence-electron chi connectivity index (χ3n) is 5.59. The van der Waals surface area contributed by atoms with Crippen LogP contribution in [0, 0.1) is 5.92 Å². The van der Waals surface area contributed by atoms with Gasteiger partial charge in [0.1, 0.15) is 0 Å². The molecule has 6 nitrogen and oxygen atoms in total. The summed E-state index contributed by atoms with van der Waals surface area (Å²) in [5, 5.41) is 5.40. The first-order valence-electron chi connectivity index (χ1n) is 10.0. The molecule has 0 spiro atoms. The molecule has 1 aliphatic carbocycles. The zero-order valence-electron chi connectivity index (χ0n) is 16.0. The van der Waals surface area contributed by atoms with Crippen LogP contribution in [0.25, 0.3) is 0 Å². The van der Waals surface area contributed by atoms with E-state index in [1.807, 2.05) is 28.5 Å². The minimum atomic E-state index is 0.0711. The predicted molar refractivity (Wildman–Crippen MR) is 112 cm³/mol. The van der Waals surface area contributed by atoms with Gasteiger partial charge in [0.05, 0.1) is 12.1 Å². The van der Waals surface area contributed by atoms with Gasteiger partial charge >= 0.3 is 0 Å². The Morgan fingerprint density at radius 1 is 1.07 bits per heavy atom. The van der Waals surface area contributed by atoms with Gasteiger partial charge in [-0.05, 0) is 25.0 Å². The Balaban J connectivity index is 1.26. The van der Waals surface area contributed by atoms with E-state index in [0.29, 0.717) is 11.6 Å². The molecule has 1 aromatic heterocycles. The molecule has 0 radical (unpaired) electrons. The molecule has 1 saturated carbocycles. The van der Waals surface area contributed by atoms with Crippen molar-refractivity contribution in [3.8, 4) is 0 Å². The topological polar surface area (TPSA) is 65.5 Å². The molecule has 7 heteroatoms. The molecule has 28 heavy (non-hydrogen) atoms. The average molecular weight is 399 g/mol. The second-order valence-corrected chi connectivity index (χ2v) is 8.35. The number of nitrogens with zero attached hydrogens (tertiary/aromatic N) is 3. The number of amides is 2. The molecular weight excluding hydrogens is 372 g/mol. The maximum Gasteiger partial charge on any atom is 0.229 e. The smallest absolute Gasteiger partial charge is 0.229 e. The molecule has 2 fully saturated rings. The Hall–Kier alpha value is -2.41. The number of hydrogen-bond donors (Lipinski definition) is 1. The maximum atomic E-state index is 12.6. The molecule has 0 unspecified atom stereocenters. The summed E-state index contributed by atoms with van der Waals surface area (Å²) < 4.78 is 0. The van der Waals surface area contributed by atoms with Crippen LogP contribution >= 0.6 is 11.3 Å². The summed E-state index contributed by atoms with van der Waals surface area (Å²) in [6.45, 7) is 3.14. The van der Waals surface area contributed by atoms with Crippen molar-refractivity contribution in [1.82, 2.24) is 9.88 Å². The Bertz CT molecular complexity index is 809. The molecular formula is C21H26N4O2S. The van der Waals surface area contributed by atoms with Crippen molar-refractivity contribution in [2.45, 2.75) is 32.1 Å². The van der Waals surface area contributed by atoms with Crippen molar-refractivity contribution in [2.75, 3.05) is 36.4 Å². The number of hydrogen-bond acceptors (Lipinski definition) is 5. The SMILES string of the molecule is O=C(Nc1nc(CC(=O)N2CCN(c3ccccc3)CC2)cs1)C1CCCC1. The molecule has 0 bridgehead atoms. The van der Waals surface area contributed by atoms with E-state index in [2.05, 4.69) is 27.3 Å². The van der Waals surface area contributed by atoms with Crippen molar-refractivity contribution in [3.05, 3.63) is 41.4 Å². The summed E-state index contributed by atoms with van der Waals surface area (Å²) in [6.07, 6.45) is 4.50. The molecule has 148 valence electrons. The predicted octanol–water partition coefficient (Wildman–Crippen LogP) is 3.16. The van der Waals surface area contributed by atoms with Gasteiger partial charge in [-0.1, -0.05) is 31.0 Å². The number of aromatic nitrogens is 1. The van der Waals surface area contributed by atoms with Crippen LogP contribution in [-0.2, 0) is 16.0 Å². The van der Waals surface area contributed by atoms with Crippen LogP contribution in [0.15, 0.2) is 35.7 Å². The highest BCUT2D eigenvalue weighted by Crippen LogP contribution is 2.27. The zero-order valence-corrected chi connectivity index (χ0v) is 16.8. The summed E-state index contributed by atoms with van der Waals surface area (Å²) in [5.41, 5.74) is 1.94. The van der Waals surface area contributed by atoms with E-state index in [9.17, 15) is 9.59 Å². The first kappa shape index (κ1) is 18.9. The highest BCUT2D eigenvalue weighted by molar-refractivity contribution is 7.13. The molecule has 1 N–H and O–H groups in total. The summed E-state index contributed by atoms with van der Waals surface area (Å²) in [6, 6.07) is 10.3. The van der Waals surface area contributed by atoms with Gasteiger partial charge in [-0.15, -0.1) is 11.3 Å². The summed E-state index contributed by atoms with van der Waals surface area (Å²) >= 11 is 1.40. The molecule has 2 heterocycles. The number of benzene rings is 1. The molecule has 1 saturated heterocycles. The third-order valence-corrected chi connectivity index (χ3v) is 6.40. The first-order valence-corrected chi connectivity index (χ1v) is 10.9. The van der Waals surface area contributed by atoms with Crippen molar-refractivity contribution in [1.29, 1.82) is 0 Å². The third kappa shape index (κ3) is 4.52. The van der Waals surface area contributed by atoms with E-state index in [4.69, 9.17) is 0 Å². The van der Waals surface area contributed by atoms with E-state index in [1.54, 1.807) is 0 Å². The molecule has 4 rings (SSSR count). The summed E-state index contributed by atoms with van der Waals surface area (Å²) in [5.74, 6) is 0.295. The molecule has 1 aromatic carbocycles. The van der Waals surface area contributed by atoms with Crippen molar-refractivity contribution >= 4 is 34.0 Å². The van der Waals surface area contributed by atoms with Gasteiger partial charge in [-0.3, -0.25) is 9.59 Å². The quantitative estimate of drug-likeness (QED) is 0.840. The van der Waals surface area contributed by atoms with Gasteiger partial charge in [-0.2, -0.15) is 0 Å². The number of anilines is 2. The zero-order chi connectivity index (χ0) is 19.3. The maximum absolute atomic E-state index is 12.6. The van der Waals surface area contributed by atoms with E-state index in [0.717, 1.165) is 57.6 Å². The van der Waals surface area contributed by atoms with Gasteiger partial charge in [0.15, 0.2) is 5.13 Å². The van der Waals surface area contributed by atoms with E-state index in [1.165, 1.54) is 17.0 Å². The van der Waals surface area contributed by atoms with Crippen molar-refractivity contribution in [3.63, 3.8) is 0 Å². The minimum Gasteiger partial charge on any atom is -0.368 e. The second-order valence-electron chi connectivity index (χ2n) is 7.49. The number of nitrogens with one attached hydrogen (secondary N) is 1. The van der Waals surface area contributed by atoms with Gasteiger partial charge in [0.2, 0.25) is 11.8 Å². The lowest BCUT2D eigenvalue weighted by atomic mass is 10.1. The Labute approximate surface area is 169 Å². The van der Waals surface area contributed by atoms with E-state index >= 15 is 0 Å². The number of carbonyl (C=O) groups excluding carboxylic acids is 2. The van der Waals surface area contributed by atoms with Crippen LogP contribution in [0.1, 0.15) is 31.4 Å². The standard InChI is InChI=1S/C21H26N4O2S/c26-19(25-12-10-24(11-13-25)18-8-2-1-3-9-18)14-17-15-28-21(22-17)23-20(27)16-6-4-5-7-16/h1-3,8-9,15-16H,4-7,10-14H2,(H,22,23,27). The Kier molecular flexibility index (Phi) is 5.90.